The fraction of sp³-hybridized carbons (Fsp3) is 0.455. The minimum Gasteiger partial charge on any atom is -0.361 e. The summed E-state index contributed by atoms with van der Waals surface area (Å²) < 4.78 is 0. The highest BCUT2D eigenvalue weighted by Crippen LogP contribution is 2.07. The normalized spacial score (nSPS) is 12.3. The molecule has 0 fully saturated rings. The van der Waals surface area contributed by atoms with E-state index in [1.807, 2.05) is 25.1 Å². The number of nitrogens with zero attached hydrogens (tertiary/aromatic N) is 1. The lowest BCUT2D eigenvalue weighted by Crippen LogP contribution is -2.40. The second-order valence-corrected chi connectivity index (χ2v) is 4.16. The summed E-state index contributed by atoms with van der Waals surface area (Å²) in [5, 5.41) is 6.99. The van der Waals surface area contributed by atoms with Crippen molar-refractivity contribution in [3.05, 3.63) is 30.1 Å². The summed E-state index contributed by atoms with van der Waals surface area (Å²) >= 11 is 5.16. The molecule has 3 nitrogen and oxygen atoms in total. The van der Waals surface area contributed by atoms with Gasteiger partial charge in [0, 0.05) is 12.2 Å². The first-order valence-corrected chi connectivity index (χ1v) is 5.48. The molecular weight excluding hydrogens is 206 g/mol. The van der Waals surface area contributed by atoms with E-state index in [0.29, 0.717) is 11.2 Å². The van der Waals surface area contributed by atoms with E-state index in [2.05, 4.69) is 29.5 Å². The van der Waals surface area contributed by atoms with Gasteiger partial charge >= 0.3 is 0 Å². The first kappa shape index (κ1) is 11.9. The molecule has 1 heterocycles. The lowest BCUT2D eigenvalue weighted by molar-refractivity contribution is 0.651. The average Bonchev–Trinajstić information content (AvgIpc) is 2.17. The molecule has 1 atom stereocenters. The number of rotatable bonds is 3. The van der Waals surface area contributed by atoms with E-state index in [9.17, 15) is 0 Å². The first-order chi connectivity index (χ1) is 7.09. The molecule has 1 aromatic heterocycles. The van der Waals surface area contributed by atoms with Gasteiger partial charge in [-0.15, -0.1) is 0 Å². The summed E-state index contributed by atoms with van der Waals surface area (Å²) in [6.45, 7) is 6.15. The lowest BCUT2D eigenvalue weighted by atomic mass is 10.2. The SMILES string of the molecule is CC(C)NC(=S)NC(C)c1ccccn1. The van der Waals surface area contributed by atoms with Crippen molar-refractivity contribution in [2.24, 2.45) is 0 Å². The van der Waals surface area contributed by atoms with E-state index in [0.717, 1.165) is 5.69 Å². The molecule has 4 heteroatoms. The van der Waals surface area contributed by atoms with Crippen molar-refractivity contribution in [2.45, 2.75) is 32.9 Å². The third kappa shape index (κ3) is 4.25. The zero-order valence-electron chi connectivity index (χ0n) is 9.32. The molecule has 82 valence electrons. The Morgan fingerprint density at radius 1 is 1.27 bits per heavy atom. The third-order valence-electron chi connectivity index (χ3n) is 1.90. The highest BCUT2D eigenvalue weighted by atomic mass is 32.1. The number of pyridine rings is 1. The van der Waals surface area contributed by atoms with Crippen LogP contribution in [0.2, 0.25) is 0 Å². The molecule has 2 N–H and O–H groups in total. The van der Waals surface area contributed by atoms with Gasteiger partial charge in [0.25, 0.3) is 0 Å². The predicted molar refractivity (Wildman–Crippen MR) is 66.7 cm³/mol. The molecule has 0 saturated carbocycles. The summed E-state index contributed by atoms with van der Waals surface area (Å²) in [7, 11) is 0. The van der Waals surface area contributed by atoms with Crippen LogP contribution in [0, 0.1) is 0 Å². The second kappa shape index (κ2) is 5.66. The number of aromatic nitrogens is 1. The Hall–Kier alpha value is -1.16. The molecule has 0 aliphatic rings. The fourth-order valence-electron chi connectivity index (χ4n) is 1.21. The fourth-order valence-corrected chi connectivity index (χ4v) is 1.62. The number of nitrogens with one attached hydrogen (secondary N) is 2. The van der Waals surface area contributed by atoms with E-state index >= 15 is 0 Å². The van der Waals surface area contributed by atoms with E-state index in [1.165, 1.54) is 0 Å². The third-order valence-corrected chi connectivity index (χ3v) is 2.13. The topological polar surface area (TPSA) is 37.0 Å². The van der Waals surface area contributed by atoms with Crippen LogP contribution < -0.4 is 10.6 Å². The van der Waals surface area contributed by atoms with Crippen molar-refractivity contribution in [3.63, 3.8) is 0 Å². The Morgan fingerprint density at radius 2 is 2.00 bits per heavy atom. The molecule has 0 bridgehead atoms. The van der Waals surface area contributed by atoms with Gasteiger partial charge < -0.3 is 10.6 Å². The zero-order chi connectivity index (χ0) is 11.3. The van der Waals surface area contributed by atoms with Crippen LogP contribution >= 0.6 is 12.2 Å². The van der Waals surface area contributed by atoms with Crippen LogP contribution in [-0.2, 0) is 0 Å². The molecule has 1 unspecified atom stereocenters. The summed E-state index contributed by atoms with van der Waals surface area (Å²) in [6.07, 6.45) is 1.78. The molecule has 15 heavy (non-hydrogen) atoms. The smallest absolute Gasteiger partial charge is 0.167 e. The van der Waals surface area contributed by atoms with Gasteiger partial charge in [-0.1, -0.05) is 6.07 Å². The predicted octanol–water partition coefficient (Wildman–Crippen LogP) is 2.02. The Bertz CT molecular complexity index is 311. The minimum atomic E-state index is 0.130. The standard InChI is InChI=1S/C11H17N3S/c1-8(2)13-11(15)14-9(3)10-6-4-5-7-12-10/h4-9H,1-3H3,(H2,13,14,15). The highest BCUT2D eigenvalue weighted by molar-refractivity contribution is 7.80. The highest BCUT2D eigenvalue weighted by Gasteiger charge is 2.07. The maximum absolute atomic E-state index is 5.16. The van der Waals surface area contributed by atoms with Gasteiger partial charge in [0.05, 0.1) is 11.7 Å². The Labute approximate surface area is 96.3 Å². The lowest BCUT2D eigenvalue weighted by Gasteiger charge is -2.18. The van der Waals surface area contributed by atoms with Crippen molar-refractivity contribution in [3.8, 4) is 0 Å². The maximum Gasteiger partial charge on any atom is 0.167 e. The van der Waals surface area contributed by atoms with Gasteiger partial charge in [0.15, 0.2) is 5.11 Å². The van der Waals surface area contributed by atoms with Crippen molar-refractivity contribution in [2.75, 3.05) is 0 Å². The number of thiocarbonyl (C=S) groups is 1. The van der Waals surface area contributed by atoms with Crippen molar-refractivity contribution in [1.82, 2.24) is 15.6 Å². The molecule has 0 radical (unpaired) electrons. The quantitative estimate of drug-likeness (QED) is 0.769. The Balaban J connectivity index is 2.49. The molecule has 0 saturated heterocycles. The van der Waals surface area contributed by atoms with Crippen LogP contribution in [-0.4, -0.2) is 16.1 Å². The van der Waals surface area contributed by atoms with Crippen LogP contribution in [0.5, 0.6) is 0 Å². The molecule has 1 aromatic rings. The largest absolute Gasteiger partial charge is 0.361 e. The van der Waals surface area contributed by atoms with Gasteiger partial charge in [0.1, 0.15) is 0 Å². The summed E-state index contributed by atoms with van der Waals surface area (Å²) in [6, 6.07) is 6.33. The molecule has 0 amide bonds. The van der Waals surface area contributed by atoms with Gasteiger partial charge in [-0.2, -0.15) is 0 Å². The van der Waals surface area contributed by atoms with Crippen LogP contribution in [0.3, 0.4) is 0 Å². The monoisotopic (exact) mass is 223 g/mol. The average molecular weight is 223 g/mol. The van der Waals surface area contributed by atoms with Crippen LogP contribution in [0.1, 0.15) is 32.5 Å². The molecule has 0 aromatic carbocycles. The number of hydrogen-bond acceptors (Lipinski definition) is 2. The van der Waals surface area contributed by atoms with Crippen molar-refractivity contribution >= 4 is 17.3 Å². The van der Waals surface area contributed by atoms with Gasteiger partial charge in [-0.3, -0.25) is 4.98 Å². The Morgan fingerprint density at radius 3 is 2.53 bits per heavy atom. The molecule has 0 aliphatic carbocycles. The summed E-state index contributed by atoms with van der Waals surface area (Å²) in [4.78, 5) is 4.26. The zero-order valence-corrected chi connectivity index (χ0v) is 10.1. The van der Waals surface area contributed by atoms with Gasteiger partial charge in [0.2, 0.25) is 0 Å². The van der Waals surface area contributed by atoms with Crippen molar-refractivity contribution in [1.29, 1.82) is 0 Å². The minimum absolute atomic E-state index is 0.130. The molecule has 0 aliphatic heterocycles. The maximum atomic E-state index is 5.16. The molecule has 0 spiro atoms. The van der Waals surface area contributed by atoms with E-state index in [1.54, 1.807) is 6.20 Å². The van der Waals surface area contributed by atoms with Crippen LogP contribution in [0.4, 0.5) is 0 Å². The molecule has 1 rings (SSSR count). The van der Waals surface area contributed by atoms with Gasteiger partial charge in [-0.25, -0.2) is 0 Å². The molecular formula is C11H17N3S. The van der Waals surface area contributed by atoms with Gasteiger partial charge in [-0.05, 0) is 45.1 Å². The second-order valence-electron chi connectivity index (χ2n) is 3.75. The van der Waals surface area contributed by atoms with E-state index < -0.39 is 0 Å². The summed E-state index contributed by atoms with van der Waals surface area (Å²) in [5.41, 5.74) is 0.991. The number of hydrogen-bond donors (Lipinski definition) is 2. The van der Waals surface area contributed by atoms with Crippen LogP contribution in [0.25, 0.3) is 0 Å². The van der Waals surface area contributed by atoms with E-state index in [-0.39, 0.29) is 6.04 Å². The van der Waals surface area contributed by atoms with Crippen LogP contribution in [0.15, 0.2) is 24.4 Å². The van der Waals surface area contributed by atoms with E-state index in [4.69, 9.17) is 12.2 Å². The summed E-state index contributed by atoms with van der Waals surface area (Å²) in [5.74, 6) is 0. The Kier molecular flexibility index (Phi) is 4.49. The first-order valence-electron chi connectivity index (χ1n) is 5.07. The van der Waals surface area contributed by atoms with Crippen molar-refractivity contribution < 1.29 is 0 Å².